The minimum atomic E-state index is -0.505. The first-order valence-electron chi connectivity index (χ1n) is 8.51. The number of likely N-dealkylation sites (tertiary alicyclic amines) is 1. The molecule has 2 amide bonds. The molecular weight excluding hydrogens is 353 g/mol. The Hall–Kier alpha value is -3.29. The molecule has 1 heterocycles. The van der Waals surface area contributed by atoms with Gasteiger partial charge in [-0.3, -0.25) is 24.6 Å². The van der Waals surface area contributed by atoms with E-state index in [1.165, 1.54) is 53.4 Å². The van der Waals surface area contributed by atoms with Crippen molar-refractivity contribution < 1.29 is 18.9 Å². The number of benzene rings is 2. The van der Waals surface area contributed by atoms with E-state index in [-0.39, 0.29) is 30.6 Å². The highest BCUT2D eigenvalue weighted by Crippen LogP contribution is 2.20. The van der Waals surface area contributed by atoms with Crippen molar-refractivity contribution in [2.75, 3.05) is 18.1 Å². The summed E-state index contributed by atoms with van der Waals surface area (Å²) in [5, 5.41) is 10.7. The van der Waals surface area contributed by atoms with Crippen molar-refractivity contribution >= 4 is 23.2 Å². The average Bonchev–Trinajstić information content (AvgIpc) is 3.05. The van der Waals surface area contributed by atoms with Crippen LogP contribution in [0.4, 0.5) is 15.8 Å². The molecule has 8 heteroatoms. The van der Waals surface area contributed by atoms with Crippen LogP contribution in [0.15, 0.2) is 48.5 Å². The summed E-state index contributed by atoms with van der Waals surface area (Å²) >= 11 is 0. The maximum absolute atomic E-state index is 13.2. The van der Waals surface area contributed by atoms with Gasteiger partial charge in [-0.25, -0.2) is 4.39 Å². The number of non-ortho nitro benzene ring substituents is 1. The van der Waals surface area contributed by atoms with E-state index < -0.39 is 10.7 Å². The molecule has 0 unspecified atom stereocenters. The summed E-state index contributed by atoms with van der Waals surface area (Å²) < 4.78 is 13.2. The van der Waals surface area contributed by atoms with Gasteiger partial charge >= 0.3 is 0 Å². The van der Waals surface area contributed by atoms with Crippen molar-refractivity contribution in [1.82, 2.24) is 4.90 Å². The van der Waals surface area contributed by atoms with Gasteiger partial charge in [0.1, 0.15) is 12.5 Å². The molecule has 3 rings (SSSR count). The number of carbonyl (C=O) groups excluding carboxylic acids is 2. The summed E-state index contributed by atoms with van der Waals surface area (Å²) in [5.41, 5.74) is 1.05. The molecular formula is C19H18FN3O4. The number of rotatable bonds is 6. The zero-order chi connectivity index (χ0) is 19.4. The molecule has 1 fully saturated rings. The SMILES string of the molecule is O=C1CCCN1CN(C(=O)Cc1ccc([N+](=O)[O-])cc1)c1ccc(F)cc1. The van der Waals surface area contributed by atoms with Crippen LogP contribution in [-0.4, -0.2) is 34.9 Å². The summed E-state index contributed by atoms with van der Waals surface area (Å²) in [4.78, 5) is 38.1. The van der Waals surface area contributed by atoms with Crippen LogP contribution in [0.25, 0.3) is 0 Å². The number of nitro groups is 1. The average molecular weight is 371 g/mol. The Morgan fingerprint density at radius 2 is 1.81 bits per heavy atom. The van der Waals surface area contributed by atoms with Gasteiger partial charge in [0.2, 0.25) is 11.8 Å². The van der Waals surface area contributed by atoms with Gasteiger partial charge in [-0.2, -0.15) is 0 Å². The highest BCUT2D eigenvalue weighted by molar-refractivity contribution is 5.95. The molecule has 0 saturated carbocycles. The van der Waals surface area contributed by atoms with Gasteiger partial charge in [0.15, 0.2) is 0 Å². The highest BCUT2D eigenvalue weighted by atomic mass is 19.1. The molecule has 0 spiro atoms. The molecule has 1 aliphatic rings. The van der Waals surface area contributed by atoms with Crippen LogP contribution >= 0.6 is 0 Å². The minimum Gasteiger partial charge on any atom is -0.324 e. The van der Waals surface area contributed by atoms with E-state index in [9.17, 15) is 24.1 Å². The molecule has 140 valence electrons. The van der Waals surface area contributed by atoms with Crippen LogP contribution < -0.4 is 4.90 Å². The van der Waals surface area contributed by atoms with E-state index in [1.807, 2.05) is 0 Å². The number of halogens is 1. The smallest absolute Gasteiger partial charge is 0.269 e. The maximum atomic E-state index is 13.2. The largest absolute Gasteiger partial charge is 0.324 e. The van der Waals surface area contributed by atoms with E-state index in [0.29, 0.717) is 24.2 Å². The van der Waals surface area contributed by atoms with Gasteiger partial charge in [-0.05, 0) is 36.2 Å². The van der Waals surface area contributed by atoms with Gasteiger partial charge < -0.3 is 4.90 Å². The lowest BCUT2D eigenvalue weighted by molar-refractivity contribution is -0.384. The van der Waals surface area contributed by atoms with Crippen LogP contribution in [0.5, 0.6) is 0 Å². The lowest BCUT2D eigenvalue weighted by Crippen LogP contribution is -2.43. The number of hydrogen-bond acceptors (Lipinski definition) is 4. The van der Waals surface area contributed by atoms with Gasteiger partial charge in [0.25, 0.3) is 5.69 Å². The van der Waals surface area contributed by atoms with Crippen LogP contribution in [0.3, 0.4) is 0 Å². The fourth-order valence-corrected chi connectivity index (χ4v) is 2.96. The molecule has 2 aromatic rings. The second kappa shape index (κ2) is 7.94. The van der Waals surface area contributed by atoms with Crippen molar-refractivity contribution in [3.63, 3.8) is 0 Å². The third-order valence-corrected chi connectivity index (χ3v) is 4.43. The fourth-order valence-electron chi connectivity index (χ4n) is 2.96. The molecule has 2 aromatic carbocycles. The Balaban J connectivity index is 1.80. The summed E-state index contributed by atoms with van der Waals surface area (Å²) in [5.74, 6) is -0.723. The third-order valence-electron chi connectivity index (χ3n) is 4.43. The molecule has 0 radical (unpaired) electrons. The van der Waals surface area contributed by atoms with Gasteiger partial charge in [-0.1, -0.05) is 12.1 Å². The summed E-state index contributed by atoms with van der Waals surface area (Å²) in [6, 6.07) is 11.2. The maximum Gasteiger partial charge on any atom is 0.269 e. The quantitative estimate of drug-likeness (QED) is 0.577. The Morgan fingerprint density at radius 3 is 2.37 bits per heavy atom. The van der Waals surface area contributed by atoms with Crippen molar-refractivity contribution in [3.8, 4) is 0 Å². The molecule has 0 N–H and O–H groups in total. The number of anilines is 1. The molecule has 0 atom stereocenters. The van der Waals surface area contributed by atoms with Crippen molar-refractivity contribution in [2.45, 2.75) is 19.3 Å². The zero-order valence-corrected chi connectivity index (χ0v) is 14.5. The molecule has 7 nitrogen and oxygen atoms in total. The minimum absolute atomic E-state index is 0.0113. The van der Waals surface area contributed by atoms with Crippen LogP contribution in [-0.2, 0) is 16.0 Å². The second-order valence-corrected chi connectivity index (χ2v) is 6.30. The number of carbonyl (C=O) groups is 2. The number of nitro benzene ring substituents is 1. The number of nitrogens with zero attached hydrogens (tertiary/aromatic N) is 3. The topological polar surface area (TPSA) is 83.8 Å². The molecule has 27 heavy (non-hydrogen) atoms. The Labute approximate surface area is 155 Å². The second-order valence-electron chi connectivity index (χ2n) is 6.30. The van der Waals surface area contributed by atoms with Crippen LogP contribution in [0.2, 0.25) is 0 Å². The standard InChI is InChI=1S/C19H18FN3O4/c20-15-5-9-16(10-6-15)22(13-21-11-1-2-18(21)24)19(25)12-14-3-7-17(8-4-14)23(26)27/h3-10H,1-2,11-13H2. The monoisotopic (exact) mass is 371 g/mol. The molecule has 0 bridgehead atoms. The van der Waals surface area contributed by atoms with E-state index in [1.54, 1.807) is 4.90 Å². The highest BCUT2D eigenvalue weighted by Gasteiger charge is 2.26. The normalized spacial score (nSPS) is 13.7. The number of hydrogen-bond donors (Lipinski definition) is 0. The Morgan fingerprint density at radius 1 is 1.15 bits per heavy atom. The molecule has 1 saturated heterocycles. The zero-order valence-electron chi connectivity index (χ0n) is 14.5. The summed E-state index contributed by atoms with van der Waals surface area (Å²) in [6.07, 6.45) is 1.21. The summed E-state index contributed by atoms with van der Waals surface area (Å²) in [6.45, 7) is 0.664. The Kier molecular flexibility index (Phi) is 5.44. The van der Waals surface area contributed by atoms with Crippen molar-refractivity contribution in [3.05, 3.63) is 70.0 Å². The summed E-state index contributed by atoms with van der Waals surface area (Å²) in [7, 11) is 0. The fraction of sp³-hybridized carbons (Fsp3) is 0.263. The van der Waals surface area contributed by atoms with Gasteiger partial charge in [-0.15, -0.1) is 0 Å². The van der Waals surface area contributed by atoms with Crippen LogP contribution in [0.1, 0.15) is 18.4 Å². The molecule has 0 aliphatic carbocycles. The first kappa shape index (κ1) is 18.5. The van der Waals surface area contributed by atoms with E-state index in [2.05, 4.69) is 0 Å². The molecule has 0 aromatic heterocycles. The van der Waals surface area contributed by atoms with E-state index in [4.69, 9.17) is 0 Å². The third kappa shape index (κ3) is 4.46. The van der Waals surface area contributed by atoms with Crippen LogP contribution in [0, 0.1) is 15.9 Å². The lowest BCUT2D eigenvalue weighted by atomic mass is 10.1. The van der Waals surface area contributed by atoms with Gasteiger partial charge in [0.05, 0.1) is 11.3 Å². The predicted octanol–water partition coefficient (Wildman–Crippen LogP) is 2.89. The first-order chi connectivity index (χ1) is 12.9. The number of amides is 2. The Bertz CT molecular complexity index is 852. The predicted molar refractivity (Wildman–Crippen MR) is 96.5 cm³/mol. The van der Waals surface area contributed by atoms with Crippen molar-refractivity contribution in [2.24, 2.45) is 0 Å². The van der Waals surface area contributed by atoms with E-state index in [0.717, 1.165) is 6.42 Å². The van der Waals surface area contributed by atoms with Crippen molar-refractivity contribution in [1.29, 1.82) is 0 Å². The van der Waals surface area contributed by atoms with E-state index >= 15 is 0 Å². The van der Waals surface area contributed by atoms with Gasteiger partial charge in [0, 0.05) is 30.8 Å². The lowest BCUT2D eigenvalue weighted by Gasteiger charge is -2.28. The first-order valence-corrected chi connectivity index (χ1v) is 8.51. The molecule has 1 aliphatic heterocycles.